The number of nitrogens with zero attached hydrogens (tertiary/aromatic N) is 9. The summed E-state index contributed by atoms with van der Waals surface area (Å²) in [6.45, 7) is 4.81. The zero-order valence-electron chi connectivity index (χ0n) is 34.4. The number of nitriles is 1. The average Bonchev–Trinajstić information content (AvgIpc) is 3.71. The second kappa shape index (κ2) is 24.6. The van der Waals surface area contributed by atoms with E-state index in [-0.39, 0.29) is 104 Å². The zero-order chi connectivity index (χ0) is 43.0. The summed E-state index contributed by atoms with van der Waals surface area (Å²) in [7, 11) is 0. The molecule has 20 nitrogen and oxygen atoms in total. The van der Waals surface area contributed by atoms with E-state index in [1.54, 1.807) is 43.9 Å². The molecule has 0 aliphatic carbocycles. The van der Waals surface area contributed by atoms with Crippen molar-refractivity contribution >= 4 is 66.3 Å². The number of hydrogen-bond acceptors (Lipinski definition) is 17. The molecule has 0 spiro atoms. The van der Waals surface area contributed by atoms with Crippen molar-refractivity contribution in [3.8, 4) is 11.8 Å². The first kappa shape index (κ1) is 48.8. The Hall–Kier alpha value is -4.82. The maximum Gasteiger partial charge on any atom is 3.00 e. The standard InChI is InChI=1S/C40H56N10O10.Ga/c41-24-30-3-1-9-50(30)35(51)25-43-40(59)32-6-7-42-34-5-4-31(23-33(32)34)60-22-2-8-44-18-20-49(21-19-44)36(52)26-45-10-12-46(27-37(53)54)14-16-48(29-39(57)58)17-15-47(13-11-45)28-38(55)56;/h4-7,23,30H,1-3,8-22,25-29H2,(H,43,59)(H,53,54)(H,55,56)(H,57,58);/q;+3/p-3/t30-;/m0./s1/i;1-2. The molecule has 1 aromatic heterocycles. The summed E-state index contributed by atoms with van der Waals surface area (Å²) in [6, 6.07) is 8.56. The molecule has 3 aliphatic rings. The molecule has 1 atom stereocenters. The van der Waals surface area contributed by atoms with Gasteiger partial charge in [-0.1, -0.05) is 0 Å². The van der Waals surface area contributed by atoms with Crippen LogP contribution in [-0.4, -0.2) is 232 Å². The number of fused-ring (bicyclic) bond motifs is 1. The van der Waals surface area contributed by atoms with Crippen molar-refractivity contribution in [2.45, 2.75) is 25.3 Å². The second-order valence-electron chi connectivity index (χ2n) is 15.2. The van der Waals surface area contributed by atoms with Crippen LogP contribution in [0.2, 0.25) is 0 Å². The minimum absolute atomic E-state index is 0. The first-order valence-corrected chi connectivity index (χ1v) is 20.4. The van der Waals surface area contributed by atoms with E-state index in [1.165, 1.54) is 11.1 Å². The number of rotatable bonds is 16. The number of carboxylic acids is 3. The quantitative estimate of drug-likeness (QED) is 0.122. The fraction of sp³-hybridized carbons (Fsp3) is 0.600. The van der Waals surface area contributed by atoms with Crippen LogP contribution in [0.1, 0.15) is 29.6 Å². The van der Waals surface area contributed by atoms with E-state index in [9.17, 15) is 49.3 Å². The maximum absolute atomic E-state index is 13.5. The van der Waals surface area contributed by atoms with Gasteiger partial charge in [-0.05, 0) is 43.5 Å². The van der Waals surface area contributed by atoms with E-state index >= 15 is 0 Å². The number of likely N-dealkylation sites (tertiary alicyclic amines) is 1. The van der Waals surface area contributed by atoms with Gasteiger partial charge in [-0.15, -0.1) is 0 Å². The molecular formula is C40H53GaN10O10. The predicted octanol–water partition coefficient (Wildman–Crippen LogP) is -5.52. The van der Waals surface area contributed by atoms with Gasteiger partial charge in [0, 0.05) is 123 Å². The Morgan fingerprint density at radius 3 is 1.80 bits per heavy atom. The van der Waals surface area contributed by atoms with Crippen LogP contribution >= 0.6 is 0 Å². The van der Waals surface area contributed by atoms with Crippen molar-refractivity contribution in [1.29, 1.82) is 5.26 Å². The molecule has 5 rings (SSSR count). The summed E-state index contributed by atoms with van der Waals surface area (Å²) in [4.78, 5) is 90.2. The number of nitrogens with one attached hydrogen (secondary N) is 1. The zero-order valence-corrected chi connectivity index (χ0v) is 36.8. The van der Waals surface area contributed by atoms with Gasteiger partial charge in [-0.3, -0.25) is 43.9 Å². The van der Waals surface area contributed by atoms with Crippen LogP contribution in [0.3, 0.4) is 0 Å². The van der Waals surface area contributed by atoms with Crippen LogP contribution < -0.4 is 25.4 Å². The smallest absolute Gasteiger partial charge is 0.549 e. The molecule has 3 saturated heterocycles. The number of hydrogen-bond donors (Lipinski definition) is 1. The van der Waals surface area contributed by atoms with Gasteiger partial charge in [0.2, 0.25) is 11.8 Å². The summed E-state index contributed by atoms with van der Waals surface area (Å²) in [5, 5.41) is 46.9. The van der Waals surface area contributed by atoms with Crippen LogP contribution in [0.4, 0.5) is 0 Å². The van der Waals surface area contributed by atoms with E-state index in [0.29, 0.717) is 87.5 Å². The van der Waals surface area contributed by atoms with E-state index < -0.39 is 29.9 Å². The fourth-order valence-corrected chi connectivity index (χ4v) is 7.71. The number of aliphatic carboxylic acids is 3. The van der Waals surface area contributed by atoms with Crippen molar-refractivity contribution in [2.75, 3.05) is 131 Å². The topological polar surface area (TPSA) is 252 Å². The number of carboxylic acid groups (broad SMARTS) is 3. The van der Waals surface area contributed by atoms with Gasteiger partial charge in [0.25, 0.3) is 5.91 Å². The number of aromatic nitrogens is 1. The maximum atomic E-state index is 13.5. The van der Waals surface area contributed by atoms with Gasteiger partial charge >= 0.3 is 19.8 Å². The van der Waals surface area contributed by atoms with Gasteiger partial charge in [0.1, 0.15) is 11.8 Å². The van der Waals surface area contributed by atoms with Gasteiger partial charge in [-0.2, -0.15) is 5.26 Å². The fourth-order valence-electron chi connectivity index (χ4n) is 7.71. The van der Waals surface area contributed by atoms with Crippen LogP contribution in [-0.2, 0) is 24.0 Å². The number of benzene rings is 1. The molecule has 0 radical (unpaired) electrons. The van der Waals surface area contributed by atoms with E-state index in [2.05, 4.69) is 21.3 Å². The van der Waals surface area contributed by atoms with Gasteiger partial charge in [-0.25, -0.2) is 0 Å². The minimum atomic E-state index is -1.29. The predicted molar refractivity (Wildman–Crippen MR) is 214 cm³/mol. The molecule has 61 heavy (non-hydrogen) atoms. The normalized spacial score (nSPS) is 19.2. The molecule has 21 heteroatoms. The minimum Gasteiger partial charge on any atom is -0.549 e. The molecule has 3 amide bonds. The van der Waals surface area contributed by atoms with Crippen molar-refractivity contribution in [3.05, 3.63) is 36.0 Å². The average molecular weight is 902 g/mol. The van der Waals surface area contributed by atoms with Crippen molar-refractivity contribution < 1.29 is 48.8 Å². The summed E-state index contributed by atoms with van der Waals surface area (Å²) < 4.78 is 6.05. The molecule has 1 aromatic carbocycles. The van der Waals surface area contributed by atoms with Crippen molar-refractivity contribution in [1.82, 2.24) is 44.6 Å². The van der Waals surface area contributed by atoms with Crippen molar-refractivity contribution in [3.63, 3.8) is 0 Å². The number of amides is 3. The molecule has 4 heterocycles. The molecule has 3 fully saturated rings. The first-order valence-electron chi connectivity index (χ1n) is 20.4. The Labute approximate surface area is 368 Å². The van der Waals surface area contributed by atoms with Crippen LogP contribution in [0.15, 0.2) is 30.5 Å². The molecule has 3 aliphatic heterocycles. The third kappa shape index (κ3) is 15.5. The SMILES string of the molecule is N#C[C@@H]1CCCN1C(=O)CNC(=O)c1ccnc2ccc(OCCCN3CCN(C(=O)CN4CCN(CC(=O)[O-])CCN(CC(=O)[O-])CCN(CC(=O)[O-])CC4)CC3)cc12.[68Ga+3]. The molecule has 0 saturated carbocycles. The van der Waals surface area contributed by atoms with Crippen LogP contribution in [0, 0.1) is 11.3 Å². The van der Waals surface area contributed by atoms with Crippen molar-refractivity contribution in [2.24, 2.45) is 0 Å². The third-order valence-electron chi connectivity index (χ3n) is 11.0. The van der Waals surface area contributed by atoms with E-state index in [0.717, 1.165) is 13.0 Å². The molecule has 2 aromatic rings. The Morgan fingerprint density at radius 2 is 1.26 bits per heavy atom. The molecule has 0 unspecified atom stereocenters. The first-order chi connectivity index (χ1) is 28.9. The third-order valence-corrected chi connectivity index (χ3v) is 11.0. The summed E-state index contributed by atoms with van der Waals surface area (Å²) in [5.74, 6) is -4.09. The van der Waals surface area contributed by atoms with Gasteiger partial charge < -0.3 is 49.6 Å². The number of piperazine rings is 1. The summed E-state index contributed by atoms with van der Waals surface area (Å²) in [6.07, 6.45) is 3.62. The molecule has 1 N–H and O–H groups in total. The largest absolute Gasteiger partial charge is 3.00 e. The van der Waals surface area contributed by atoms with Gasteiger partial charge in [0.05, 0.1) is 54.8 Å². The number of carbonyl (C=O) groups is 6. The van der Waals surface area contributed by atoms with Crippen LogP contribution in [0.25, 0.3) is 10.9 Å². The van der Waals surface area contributed by atoms with E-state index in [1.807, 2.05) is 4.90 Å². The summed E-state index contributed by atoms with van der Waals surface area (Å²) >= 11 is 0. The van der Waals surface area contributed by atoms with Crippen LogP contribution in [0.5, 0.6) is 5.75 Å². The van der Waals surface area contributed by atoms with Gasteiger partial charge in [0.15, 0.2) is 0 Å². The molecular weight excluding hydrogens is 848 g/mol. The summed E-state index contributed by atoms with van der Waals surface area (Å²) in [5.41, 5.74) is 0.951. The Kier molecular flexibility index (Phi) is 19.7. The van der Waals surface area contributed by atoms with E-state index in [4.69, 9.17) is 4.74 Å². The second-order valence-corrected chi connectivity index (χ2v) is 15.2. The Balaban J connectivity index is 0.00000819. The monoisotopic (exact) mass is 901 g/mol. The molecule has 0 bridgehead atoms. The Bertz CT molecular complexity index is 1840. The molecule has 326 valence electrons. The number of pyridine rings is 1. The number of ether oxygens (including phenoxy) is 1. The Morgan fingerprint density at radius 1 is 0.721 bits per heavy atom. The number of carbonyl (C=O) groups excluding carboxylic acids is 6.